The van der Waals surface area contributed by atoms with Gasteiger partial charge in [0, 0.05) is 23.5 Å². The molecule has 1 aromatic carbocycles. The van der Waals surface area contributed by atoms with Gasteiger partial charge in [0.25, 0.3) is 0 Å². The van der Waals surface area contributed by atoms with Crippen LogP contribution in [0, 0.1) is 0 Å². The van der Waals surface area contributed by atoms with Crippen molar-refractivity contribution in [2.24, 2.45) is 0 Å². The average Bonchev–Trinajstić information content (AvgIpc) is 2.83. The fraction of sp³-hybridized carbons (Fsp3) is 0.571. The Morgan fingerprint density at radius 2 is 1.79 bits per heavy atom. The van der Waals surface area contributed by atoms with E-state index in [0.29, 0.717) is 0 Å². The predicted molar refractivity (Wildman–Crippen MR) is 73.1 cm³/mol. The maximum atomic E-state index is 5.68. The van der Waals surface area contributed by atoms with Crippen molar-refractivity contribution < 1.29 is 18.9 Å². The first-order valence-electron chi connectivity index (χ1n) is 6.67. The van der Waals surface area contributed by atoms with Gasteiger partial charge in [0.1, 0.15) is 0 Å². The fourth-order valence-electron chi connectivity index (χ4n) is 2.08. The highest BCUT2D eigenvalue weighted by molar-refractivity contribution is 7.99. The predicted octanol–water partition coefficient (Wildman–Crippen LogP) is 2.70. The van der Waals surface area contributed by atoms with Gasteiger partial charge in [-0.15, -0.1) is 11.8 Å². The van der Waals surface area contributed by atoms with Gasteiger partial charge in [-0.2, -0.15) is 0 Å². The standard InChI is InChI=1S/C14H18O4S/c1-5-15-12-3-2-11(10-13(12)16-6-1)19-9-4-14-17-7-8-18-14/h2-3,10,14H,1,4-9H2. The Balaban J connectivity index is 1.54. The van der Waals surface area contributed by atoms with Crippen LogP contribution in [-0.2, 0) is 9.47 Å². The van der Waals surface area contributed by atoms with Crippen LogP contribution in [0.25, 0.3) is 0 Å². The number of hydrogen-bond donors (Lipinski definition) is 0. The van der Waals surface area contributed by atoms with E-state index in [2.05, 4.69) is 12.1 Å². The molecule has 2 heterocycles. The summed E-state index contributed by atoms with van der Waals surface area (Å²) in [7, 11) is 0. The van der Waals surface area contributed by atoms with Gasteiger partial charge < -0.3 is 18.9 Å². The number of benzene rings is 1. The molecule has 1 saturated heterocycles. The van der Waals surface area contributed by atoms with Gasteiger partial charge in [-0.3, -0.25) is 0 Å². The Morgan fingerprint density at radius 3 is 2.63 bits per heavy atom. The summed E-state index contributed by atoms with van der Waals surface area (Å²) in [4.78, 5) is 1.20. The number of hydrogen-bond acceptors (Lipinski definition) is 5. The second-order valence-electron chi connectivity index (χ2n) is 4.47. The zero-order valence-electron chi connectivity index (χ0n) is 10.8. The van der Waals surface area contributed by atoms with Crippen LogP contribution in [0.2, 0.25) is 0 Å². The summed E-state index contributed by atoms with van der Waals surface area (Å²) < 4.78 is 22.1. The molecule has 0 aliphatic carbocycles. The number of fused-ring (bicyclic) bond motifs is 1. The van der Waals surface area contributed by atoms with Crippen molar-refractivity contribution in [3.05, 3.63) is 18.2 Å². The minimum absolute atomic E-state index is 0.0205. The summed E-state index contributed by atoms with van der Waals surface area (Å²) >= 11 is 1.79. The van der Waals surface area contributed by atoms with Crippen LogP contribution in [0.15, 0.2) is 23.1 Å². The van der Waals surface area contributed by atoms with E-state index in [-0.39, 0.29) is 6.29 Å². The highest BCUT2D eigenvalue weighted by atomic mass is 32.2. The lowest BCUT2D eigenvalue weighted by Gasteiger charge is -2.10. The Morgan fingerprint density at radius 1 is 1.00 bits per heavy atom. The number of ether oxygens (including phenoxy) is 4. The second kappa shape index (κ2) is 6.50. The van der Waals surface area contributed by atoms with Gasteiger partial charge in [0.2, 0.25) is 0 Å². The molecule has 0 atom stereocenters. The van der Waals surface area contributed by atoms with E-state index in [9.17, 15) is 0 Å². The molecule has 0 unspecified atom stereocenters. The van der Waals surface area contributed by atoms with Crippen LogP contribution in [0.4, 0.5) is 0 Å². The highest BCUT2D eigenvalue weighted by Crippen LogP contribution is 2.34. The first-order chi connectivity index (χ1) is 9.42. The van der Waals surface area contributed by atoms with Crippen molar-refractivity contribution in [1.82, 2.24) is 0 Å². The topological polar surface area (TPSA) is 36.9 Å². The molecular formula is C14H18O4S. The molecule has 0 aromatic heterocycles. The maximum absolute atomic E-state index is 5.68. The minimum atomic E-state index is -0.0205. The second-order valence-corrected chi connectivity index (χ2v) is 5.64. The Hall–Kier alpha value is -0.910. The molecule has 0 saturated carbocycles. The lowest BCUT2D eigenvalue weighted by molar-refractivity contribution is -0.0421. The van der Waals surface area contributed by atoms with E-state index in [1.54, 1.807) is 11.8 Å². The Kier molecular flexibility index (Phi) is 4.48. The average molecular weight is 282 g/mol. The van der Waals surface area contributed by atoms with Gasteiger partial charge in [-0.05, 0) is 18.2 Å². The molecule has 4 nitrogen and oxygen atoms in total. The summed E-state index contributed by atoms with van der Waals surface area (Å²) in [6.45, 7) is 2.90. The zero-order chi connectivity index (χ0) is 12.9. The smallest absolute Gasteiger partial charge is 0.162 e. The lowest BCUT2D eigenvalue weighted by Crippen LogP contribution is -2.08. The number of thioether (sulfide) groups is 1. The fourth-order valence-corrected chi connectivity index (χ4v) is 2.98. The Bertz CT molecular complexity index is 418. The van der Waals surface area contributed by atoms with Crippen LogP contribution >= 0.6 is 11.8 Å². The minimum Gasteiger partial charge on any atom is -0.490 e. The van der Waals surface area contributed by atoms with Gasteiger partial charge in [-0.25, -0.2) is 0 Å². The molecule has 0 N–H and O–H groups in total. The SMILES string of the molecule is c1cc2c(cc1SCCC1OCCO1)OCCCO2. The third-order valence-corrected chi connectivity index (χ3v) is 4.06. The molecule has 2 aliphatic heterocycles. The molecule has 5 heteroatoms. The van der Waals surface area contributed by atoms with Crippen molar-refractivity contribution in [1.29, 1.82) is 0 Å². The van der Waals surface area contributed by atoms with E-state index in [1.807, 2.05) is 6.07 Å². The number of rotatable bonds is 4. The van der Waals surface area contributed by atoms with Gasteiger partial charge >= 0.3 is 0 Å². The maximum Gasteiger partial charge on any atom is 0.162 e. The Labute approximate surface area is 117 Å². The molecular weight excluding hydrogens is 264 g/mol. The third kappa shape index (κ3) is 3.55. The first kappa shape index (κ1) is 13.1. The van der Waals surface area contributed by atoms with E-state index in [0.717, 1.165) is 56.5 Å². The first-order valence-corrected chi connectivity index (χ1v) is 7.66. The molecule has 19 heavy (non-hydrogen) atoms. The molecule has 0 radical (unpaired) electrons. The van der Waals surface area contributed by atoms with Crippen LogP contribution in [0.5, 0.6) is 11.5 Å². The van der Waals surface area contributed by atoms with E-state index >= 15 is 0 Å². The van der Waals surface area contributed by atoms with Crippen LogP contribution in [0.1, 0.15) is 12.8 Å². The van der Waals surface area contributed by atoms with Crippen molar-refractivity contribution in [2.75, 3.05) is 32.2 Å². The molecule has 3 rings (SSSR count). The third-order valence-electron chi connectivity index (χ3n) is 3.03. The van der Waals surface area contributed by atoms with Crippen LogP contribution in [-0.4, -0.2) is 38.5 Å². The molecule has 1 aromatic rings. The summed E-state index contributed by atoms with van der Waals surface area (Å²) in [5, 5.41) is 0. The molecule has 1 fully saturated rings. The van der Waals surface area contributed by atoms with Crippen LogP contribution in [0.3, 0.4) is 0 Å². The zero-order valence-corrected chi connectivity index (χ0v) is 11.6. The molecule has 2 aliphatic rings. The van der Waals surface area contributed by atoms with Crippen molar-refractivity contribution >= 4 is 11.8 Å². The molecule has 104 valence electrons. The van der Waals surface area contributed by atoms with Gasteiger partial charge in [-0.1, -0.05) is 0 Å². The largest absolute Gasteiger partial charge is 0.490 e. The van der Waals surface area contributed by atoms with E-state index in [4.69, 9.17) is 18.9 Å². The van der Waals surface area contributed by atoms with E-state index in [1.165, 1.54) is 4.90 Å². The molecule has 0 amide bonds. The summed E-state index contributed by atoms with van der Waals surface area (Å²) in [5.74, 6) is 2.68. The molecule has 0 spiro atoms. The van der Waals surface area contributed by atoms with Gasteiger partial charge in [0.05, 0.1) is 26.4 Å². The molecule has 0 bridgehead atoms. The van der Waals surface area contributed by atoms with E-state index < -0.39 is 0 Å². The van der Waals surface area contributed by atoms with Crippen molar-refractivity contribution in [3.8, 4) is 11.5 Å². The van der Waals surface area contributed by atoms with Crippen LogP contribution < -0.4 is 9.47 Å². The van der Waals surface area contributed by atoms with Crippen molar-refractivity contribution in [3.63, 3.8) is 0 Å². The quantitative estimate of drug-likeness (QED) is 0.794. The summed E-state index contributed by atoms with van der Waals surface area (Å²) in [5.41, 5.74) is 0. The normalized spacial score (nSPS) is 19.4. The monoisotopic (exact) mass is 282 g/mol. The van der Waals surface area contributed by atoms with Crippen molar-refractivity contribution in [2.45, 2.75) is 24.0 Å². The van der Waals surface area contributed by atoms with Gasteiger partial charge in [0.15, 0.2) is 17.8 Å². The summed E-state index contributed by atoms with van der Waals surface area (Å²) in [6, 6.07) is 6.13. The lowest BCUT2D eigenvalue weighted by atomic mass is 10.3. The highest BCUT2D eigenvalue weighted by Gasteiger charge is 2.16. The summed E-state index contributed by atoms with van der Waals surface area (Å²) in [6.07, 6.45) is 1.83.